The van der Waals surface area contributed by atoms with Gasteiger partial charge < -0.3 is 9.09 Å². The van der Waals surface area contributed by atoms with Crippen LogP contribution < -0.4 is 0 Å². The van der Waals surface area contributed by atoms with E-state index in [9.17, 15) is 0 Å². The molecule has 0 amide bonds. The van der Waals surface area contributed by atoms with E-state index in [4.69, 9.17) is 4.52 Å². The predicted octanol–water partition coefficient (Wildman–Crippen LogP) is 4.49. The van der Waals surface area contributed by atoms with E-state index < -0.39 is 0 Å². The number of nitrogens with zero attached hydrogens (tertiary/aromatic N) is 4. The maximum absolute atomic E-state index is 5.43. The zero-order valence-corrected chi connectivity index (χ0v) is 14.5. The minimum absolute atomic E-state index is 0.686. The van der Waals surface area contributed by atoms with Gasteiger partial charge in [-0.25, -0.2) is 0 Å². The summed E-state index contributed by atoms with van der Waals surface area (Å²) in [6.07, 6.45) is 0. The summed E-state index contributed by atoms with van der Waals surface area (Å²) < 4.78 is 7.43. The molecule has 0 aliphatic rings. The van der Waals surface area contributed by atoms with Crippen molar-refractivity contribution in [3.05, 3.63) is 58.9 Å². The van der Waals surface area contributed by atoms with E-state index in [0.717, 1.165) is 33.6 Å². The summed E-state index contributed by atoms with van der Waals surface area (Å²) in [5.74, 6) is 2.35. The van der Waals surface area contributed by atoms with E-state index in [2.05, 4.69) is 20.7 Å². The first-order valence-electron chi connectivity index (χ1n) is 7.37. The molecule has 0 bridgehead atoms. The summed E-state index contributed by atoms with van der Waals surface area (Å²) in [7, 11) is 1.98. The summed E-state index contributed by atoms with van der Waals surface area (Å²) in [4.78, 5) is 0. The lowest BCUT2D eigenvalue weighted by Crippen LogP contribution is -1.94. The van der Waals surface area contributed by atoms with Crippen molar-refractivity contribution in [1.82, 2.24) is 19.9 Å². The lowest BCUT2D eigenvalue weighted by atomic mass is 10.2. The fourth-order valence-corrected chi connectivity index (χ4v) is 3.77. The van der Waals surface area contributed by atoms with Gasteiger partial charge in [0.2, 0.25) is 0 Å². The SMILES string of the molecule is Cn1c(SCc2cc(-c3ccccc3)on2)nnc1-c1ccsc1. The first-order valence-corrected chi connectivity index (χ1v) is 9.30. The van der Waals surface area contributed by atoms with E-state index in [1.54, 1.807) is 23.1 Å². The third kappa shape index (κ3) is 3.00. The number of thiophene rings is 1. The van der Waals surface area contributed by atoms with Crippen LogP contribution in [0.3, 0.4) is 0 Å². The maximum atomic E-state index is 5.43. The zero-order valence-electron chi connectivity index (χ0n) is 12.9. The Morgan fingerprint density at radius 1 is 1.12 bits per heavy atom. The Kier molecular flexibility index (Phi) is 4.18. The highest BCUT2D eigenvalue weighted by atomic mass is 32.2. The van der Waals surface area contributed by atoms with Gasteiger partial charge in [-0.1, -0.05) is 47.3 Å². The average molecular weight is 354 g/mol. The molecule has 0 aliphatic carbocycles. The molecule has 0 fully saturated rings. The van der Waals surface area contributed by atoms with Crippen molar-refractivity contribution >= 4 is 23.1 Å². The van der Waals surface area contributed by atoms with Crippen molar-refractivity contribution < 1.29 is 4.52 Å². The first-order chi connectivity index (χ1) is 11.8. The van der Waals surface area contributed by atoms with Crippen LogP contribution in [0.2, 0.25) is 0 Å². The minimum atomic E-state index is 0.686. The summed E-state index contributed by atoms with van der Waals surface area (Å²) in [6, 6.07) is 14.0. The van der Waals surface area contributed by atoms with Gasteiger partial charge in [-0.05, 0) is 11.4 Å². The Morgan fingerprint density at radius 3 is 2.79 bits per heavy atom. The van der Waals surface area contributed by atoms with Crippen LogP contribution >= 0.6 is 23.1 Å². The molecular weight excluding hydrogens is 340 g/mol. The molecular formula is C17H14N4OS2. The van der Waals surface area contributed by atoms with Gasteiger partial charge >= 0.3 is 0 Å². The fraction of sp³-hybridized carbons (Fsp3) is 0.118. The van der Waals surface area contributed by atoms with Crippen molar-refractivity contribution in [3.63, 3.8) is 0 Å². The van der Waals surface area contributed by atoms with Crippen molar-refractivity contribution in [1.29, 1.82) is 0 Å². The molecule has 5 nitrogen and oxygen atoms in total. The number of benzene rings is 1. The van der Waals surface area contributed by atoms with E-state index in [1.165, 1.54) is 0 Å². The highest BCUT2D eigenvalue weighted by Crippen LogP contribution is 2.27. The van der Waals surface area contributed by atoms with Gasteiger partial charge in [0.25, 0.3) is 0 Å². The number of aromatic nitrogens is 4. The van der Waals surface area contributed by atoms with Crippen molar-refractivity contribution in [2.45, 2.75) is 10.9 Å². The summed E-state index contributed by atoms with van der Waals surface area (Å²) >= 11 is 3.25. The molecule has 120 valence electrons. The highest BCUT2D eigenvalue weighted by Gasteiger charge is 2.13. The Morgan fingerprint density at radius 2 is 2.00 bits per heavy atom. The van der Waals surface area contributed by atoms with E-state index in [1.807, 2.05) is 59.5 Å². The smallest absolute Gasteiger partial charge is 0.191 e. The number of rotatable bonds is 5. The zero-order chi connectivity index (χ0) is 16.4. The van der Waals surface area contributed by atoms with Crippen LogP contribution in [0.15, 0.2) is 62.9 Å². The summed E-state index contributed by atoms with van der Waals surface area (Å²) in [6.45, 7) is 0. The van der Waals surface area contributed by atoms with Crippen LogP contribution in [0.5, 0.6) is 0 Å². The van der Waals surface area contributed by atoms with Crippen molar-refractivity contribution in [2.24, 2.45) is 7.05 Å². The minimum Gasteiger partial charge on any atom is -0.356 e. The second kappa shape index (κ2) is 6.62. The van der Waals surface area contributed by atoms with Gasteiger partial charge in [0.1, 0.15) is 0 Å². The standard InChI is InChI=1S/C17H14N4OS2/c1-21-16(13-7-8-23-10-13)18-19-17(21)24-11-14-9-15(22-20-14)12-5-3-2-4-6-12/h2-10H,11H2,1H3. The van der Waals surface area contributed by atoms with E-state index in [0.29, 0.717) is 5.75 Å². The third-order valence-electron chi connectivity index (χ3n) is 3.58. The third-order valence-corrected chi connectivity index (χ3v) is 5.32. The molecule has 7 heteroatoms. The van der Waals surface area contributed by atoms with Crippen molar-refractivity contribution in [3.8, 4) is 22.7 Å². The van der Waals surface area contributed by atoms with Gasteiger partial charge in [-0.2, -0.15) is 11.3 Å². The summed E-state index contributed by atoms with van der Waals surface area (Å²) in [5, 5.41) is 17.7. The molecule has 0 spiro atoms. The Labute approximate surface area is 147 Å². The normalized spacial score (nSPS) is 11.0. The van der Waals surface area contributed by atoms with Crippen LogP contribution in [-0.2, 0) is 12.8 Å². The molecule has 4 rings (SSSR count). The molecule has 0 radical (unpaired) electrons. The number of thioether (sulfide) groups is 1. The molecule has 0 unspecified atom stereocenters. The van der Waals surface area contributed by atoms with Gasteiger partial charge in [0.15, 0.2) is 16.7 Å². The number of hydrogen-bond donors (Lipinski definition) is 0. The quantitative estimate of drug-likeness (QED) is 0.494. The van der Waals surface area contributed by atoms with Gasteiger partial charge in [0.05, 0.1) is 5.69 Å². The molecule has 0 saturated carbocycles. The molecule has 4 aromatic rings. The molecule has 0 aliphatic heterocycles. The molecule has 1 aromatic carbocycles. The van der Waals surface area contributed by atoms with Gasteiger partial charge in [-0.3, -0.25) is 0 Å². The highest BCUT2D eigenvalue weighted by molar-refractivity contribution is 7.98. The second-order valence-electron chi connectivity index (χ2n) is 5.21. The molecule has 0 atom stereocenters. The maximum Gasteiger partial charge on any atom is 0.191 e. The fourth-order valence-electron chi connectivity index (χ4n) is 2.34. The van der Waals surface area contributed by atoms with Crippen molar-refractivity contribution in [2.75, 3.05) is 0 Å². The summed E-state index contributed by atoms with van der Waals surface area (Å²) in [5.41, 5.74) is 3.01. The molecule has 0 N–H and O–H groups in total. The topological polar surface area (TPSA) is 56.7 Å². The lowest BCUT2D eigenvalue weighted by Gasteiger charge is -2.00. The van der Waals surface area contributed by atoms with Crippen LogP contribution in [0, 0.1) is 0 Å². The van der Waals surface area contributed by atoms with Crippen LogP contribution in [0.1, 0.15) is 5.69 Å². The van der Waals surface area contributed by atoms with Crippen LogP contribution in [0.4, 0.5) is 0 Å². The van der Waals surface area contributed by atoms with E-state index >= 15 is 0 Å². The lowest BCUT2D eigenvalue weighted by molar-refractivity contribution is 0.426. The first kappa shape index (κ1) is 15.2. The molecule has 3 aromatic heterocycles. The largest absolute Gasteiger partial charge is 0.356 e. The Bertz CT molecular complexity index is 929. The van der Waals surface area contributed by atoms with Crippen LogP contribution in [0.25, 0.3) is 22.7 Å². The monoisotopic (exact) mass is 354 g/mol. The second-order valence-corrected chi connectivity index (χ2v) is 6.94. The van der Waals surface area contributed by atoms with Gasteiger partial charge in [-0.15, -0.1) is 10.2 Å². The molecule has 3 heterocycles. The average Bonchev–Trinajstić information content (AvgIpc) is 3.35. The molecule has 24 heavy (non-hydrogen) atoms. The Balaban J connectivity index is 1.47. The number of hydrogen-bond acceptors (Lipinski definition) is 6. The predicted molar refractivity (Wildman–Crippen MR) is 95.8 cm³/mol. The van der Waals surface area contributed by atoms with Crippen LogP contribution in [-0.4, -0.2) is 19.9 Å². The Hall–Kier alpha value is -2.38. The molecule has 0 saturated heterocycles. The van der Waals surface area contributed by atoms with Gasteiger partial charge in [0, 0.05) is 35.4 Å². The van der Waals surface area contributed by atoms with E-state index in [-0.39, 0.29) is 0 Å².